The van der Waals surface area contributed by atoms with Gasteiger partial charge in [0, 0.05) is 11.4 Å². The van der Waals surface area contributed by atoms with Crippen LogP contribution in [0.5, 0.6) is 0 Å². The second kappa shape index (κ2) is 9.37. The van der Waals surface area contributed by atoms with Gasteiger partial charge in [0.25, 0.3) is 5.91 Å². The van der Waals surface area contributed by atoms with Gasteiger partial charge in [-0.2, -0.15) is 5.26 Å². The zero-order chi connectivity index (χ0) is 20.7. The number of carbonyl (C=O) groups is 3. The van der Waals surface area contributed by atoms with E-state index in [-0.39, 0.29) is 24.3 Å². The average molecular weight is 383 g/mol. The number of H-pyrrole nitrogens is 1. The van der Waals surface area contributed by atoms with Gasteiger partial charge in [-0.05, 0) is 44.0 Å². The Hall–Kier alpha value is -3.60. The Morgan fingerprint density at radius 2 is 1.79 bits per heavy atom. The van der Waals surface area contributed by atoms with Crippen molar-refractivity contribution in [1.29, 1.82) is 5.26 Å². The summed E-state index contributed by atoms with van der Waals surface area (Å²) in [4.78, 5) is 39.1. The summed E-state index contributed by atoms with van der Waals surface area (Å²) < 4.78 is 10.0. The highest BCUT2D eigenvalue weighted by molar-refractivity contribution is 6.00. The highest BCUT2D eigenvalue weighted by Gasteiger charge is 2.24. The number of nitriles is 1. The quantitative estimate of drug-likeness (QED) is 0.709. The van der Waals surface area contributed by atoms with Crippen LogP contribution >= 0.6 is 0 Å². The van der Waals surface area contributed by atoms with Gasteiger partial charge in [-0.25, -0.2) is 9.59 Å². The smallest absolute Gasteiger partial charge is 0.355 e. The van der Waals surface area contributed by atoms with Crippen molar-refractivity contribution >= 4 is 23.5 Å². The summed E-state index contributed by atoms with van der Waals surface area (Å²) in [6.07, 6.45) is 0.287. The van der Waals surface area contributed by atoms with Crippen LogP contribution in [0.4, 0.5) is 5.69 Å². The van der Waals surface area contributed by atoms with E-state index in [1.807, 2.05) is 6.07 Å². The number of ether oxygens (including phenoxy) is 2. The Morgan fingerprint density at radius 1 is 1.11 bits per heavy atom. The molecule has 0 fully saturated rings. The van der Waals surface area contributed by atoms with Gasteiger partial charge in [0.15, 0.2) is 6.61 Å². The summed E-state index contributed by atoms with van der Waals surface area (Å²) in [5, 5.41) is 11.3. The van der Waals surface area contributed by atoms with Gasteiger partial charge in [0.1, 0.15) is 5.69 Å². The van der Waals surface area contributed by atoms with Gasteiger partial charge in [0.05, 0.1) is 24.7 Å². The number of benzene rings is 1. The summed E-state index contributed by atoms with van der Waals surface area (Å²) in [6.45, 7) is 4.67. The first-order valence-electron chi connectivity index (χ1n) is 8.66. The predicted molar refractivity (Wildman–Crippen MR) is 101 cm³/mol. The lowest BCUT2D eigenvalue weighted by Crippen LogP contribution is -2.21. The molecule has 8 heteroatoms. The molecule has 1 aromatic carbocycles. The van der Waals surface area contributed by atoms with E-state index in [9.17, 15) is 14.4 Å². The van der Waals surface area contributed by atoms with Crippen molar-refractivity contribution in [2.75, 3.05) is 18.5 Å². The number of esters is 2. The topological polar surface area (TPSA) is 121 Å². The summed E-state index contributed by atoms with van der Waals surface area (Å²) >= 11 is 0. The third-order valence-electron chi connectivity index (χ3n) is 3.98. The normalized spacial score (nSPS) is 10.1. The molecular weight excluding hydrogens is 362 g/mol. The summed E-state index contributed by atoms with van der Waals surface area (Å²) in [6, 6.07) is 8.83. The molecule has 0 atom stereocenters. The lowest BCUT2D eigenvalue weighted by atomic mass is 10.1. The van der Waals surface area contributed by atoms with Crippen LogP contribution in [0.3, 0.4) is 0 Å². The van der Waals surface area contributed by atoms with Crippen molar-refractivity contribution in [1.82, 2.24) is 4.98 Å². The Labute approximate surface area is 162 Å². The minimum absolute atomic E-state index is 0.188. The lowest BCUT2D eigenvalue weighted by molar-refractivity contribution is -0.119. The van der Waals surface area contributed by atoms with E-state index in [1.54, 1.807) is 45.0 Å². The maximum absolute atomic E-state index is 12.3. The minimum atomic E-state index is -0.707. The molecule has 0 unspecified atom stereocenters. The number of anilines is 1. The summed E-state index contributed by atoms with van der Waals surface area (Å²) in [5.41, 5.74) is 2.63. The van der Waals surface area contributed by atoms with E-state index < -0.39 is 24.5 Å². The number of hydrogen-bond donors (Lipinski definition) is 2. The first-order valence-corrected chi connectivity index (χ1v) is 8.66. The molecule has 1 amide bonds. The van der Waals surface area contributed by atoms with Crippen LogP contribution in [0.15, 0.2) is 24.3 Å². The number of nitrogens with zero attached hydrogens (tertiary/aromatic N) is 1. The molecule has 0 aliphatic rings. The fourth-order valence-electron chi connectivity index (χ4n) is 2.66. The van der Waals surface area contributed by atoms with Gasteiger partial charge in [-0.1, -0.05) is 12.1 Å². The van der Waals surface area contributed by atoms with Crippen LogP contribution in [0.25, 0.3) is 0 Å². The number of rotatable bonds is 7. The molecule has 1 aromatic heterocycles. The first-order chi connectivity index (χ1) is 13.4. The maximum Gasteiger partial charge on any atom is 0.355 e. The molecule has 1 heterocycles. The number of carbonyl (C=O) groups excluding carboxylic acids is 3. The Morgan fingerprint density at radius 3 is 2.39 bits per heavy atom. The molecule has 0 bridgehead atoms. The molecule has 8 nitrogen and oxygen atoms in total. The molecule has 146 valence electrons. The molecule has 2 rings (SSSR count). The zero-order valence-electron chi connectivity index (χ0n) is 15.9. The molecule has 2 N–H and O–H groups in total. The SMILES string of the molecule is CCOC(=O)c1[nH]c(C)c(C(=O)OCC(=O)Nc2ccc(CC#N)cc2)c1C. The molecule has 0 radical (unpaired) electrons. The predicted octanol–water partition coefficient (Wildman–Crippen LogP) is 2.67. The summed E-state index contributed by atoms with van der Waals surface area (Å²) in [5.74, 6) is -1.76. The van der Waals surface area contributed by atoms with Crippen molar-refractivity contribution in [2.24, 2.45) is 0 Å². The zero-order valence-corrected chi connectivity index (χ0v) is 15.9. The second-order valence-corrected chi connectivity index (χ2v) is 6.00. The van der Waals surface area contributed by atoms with E-state index in [2.05, 4.69) is 10.3 Å². The minimum Gasteiger partial charge on any atom is -0.461 e. The molecule has 0 saturated carbocycles. The monoisotopic (exact) mass is 383 g/mol. The highest BCUT2D eigenvalue weighted by Crippen LogP contribution is 2.20. The Kier molecular flexibility index (Phi) is 6.93. The number of aromatic nitrogens is 1. The van der Waals surface area contributed by atoms with E-state index >= 15 is 0 Å². The van der Waals surface area contributed by atoms with Gasteiger partial charge < -0.3 is 19.8 Å². The van der Waals surface area contributed by atoms with Crippen LogP contribution < -0.4 is 5.32 Å². The lowest BCUT2D eigenvalue weighted by Gasteiger charge is -2.08. The van der Waals surface area contributed by atoms with Crippen molar-refractivity contribution in [3.8, 4) is 6.07 Å². The summed E-state index contributed by atoms with van der Waals surface area (Å²) in [7, 11) is 0. The third kappa shape index (κ3) is 4.98. The molecule has 2 aromatic rings. The number of nitrogens with one attached hydrogen (secondary N) is 2. The largest absolute Gasteiger partial charge is 0.461 e. The first kappa shape index (κ1) is 20.7. The molecule has 0 saturated heterocycles. The van der Waals surface area contributed by atoms with Crippen LogP contribution in [0, 0.1) is 25.2 Å². The van der Waals surface area contributed by atoms with Crippen LogP contribution in [-0.4, -0.2) is 36.0 Å². The third-order valence-corrected chi connectivity index (χ3v) is 3.98. The molecule has 0 aliphatic heterocycles. The Bertz CT molecular complexity index is 923. The molecule has 0 aliphatic carbocycles. The molecular formula is C20H21N3O5. The van der Waals surface area contributed by atoms with Crippen molar-refractivity contribution < 1.29 is 23.9 Å². The fourth-order valence-corrected chi connectivity index (χ4v) is 2.66. The van der Waals surface area contributed by atoms with Crippen LogP contribution in [0.1, 0.15) is 44.6 Å². The van der Waals surface area contributed by atoms with Crippen LogP contribution in [0.2, 0.25) is 0 Å². The number of aryl methyl sites for hydroxylation is 1. The number of aromatic amines is 1. The van der Waals surface area contributed by atoms with Crippen molar-refractivity contribution in [3.63, 3.8) is 0 Å². The van der Waals surface area contributed by atoms with Gasteiger partial charge in [-0.15, -0.1) is 0 Å². The van der Waals surface area contributed by atoms with Crippen molar-refractivity contribution in [3.05, 3.63) is 52.3 Å². The van der Waals surface area contributed by atoms with E-state index in [0.717, 1.165) is 5.56 Å². The standard InChI is InChI=1S/C20H21N3O5/c1-4-27-20(26)18-12(2)17(13(3)22-18)19(25)28-11-16(24)23-15-7-5-14(6-8-15)9-10-21/h5-8,22H,4,9,11H2,1-3H3,(H,23,24). The second-order valence-electron chi connectivity index (χ2n) is 6.00. The Balaban J connectivity index is 1.97. The number of hydrogen-bond acceptors (Lipinski definition) is 6. The van der Waals surface area contributed by atoms with Crippen molar-refractivity contribution in [2.45, 2.75) is 27.2 Å². The van der Waals surface area contributed by atoms with E-state index in [0.29, 0.717) is 16.9 Å². The molecule has 28 heavy (non-hydrogen) atoms. The van der Waals surface area contributed by atoms with Gasteiger partial charge in [-0.3, -0.25) is 4.79 Å². The van der Waals surface area contributed by atoms with E-state index in [1.165, 1.54) is 0 Å². The van der Waals surface area contributed by atoms with Crippen LogP contribution in [-0.2, 0) is 20.7 Å². The van der Waals surface area contributed by atoms with Gasteiger partial charge >= 0.3 is 11.9 Å². The fraction of sp³-hybridized carbons (Fsp3) is 0.300. The van der Waals surface area contributed by atoms with Gasteiger partial charge in [0.2, 0.25) is 0 Å². The number of amides is 1. The highest BCUT2D eigenvalue weighted by atomic mass is 16.5. The molecule has 0 spiro atoms. The average Bonchev–Trinajstić information content (AvgIpc) is 2.96. The van der Waals surface area contributed by atoms with E-state index in [4.69, 9.17) is 14.7 Å². The maximum atomic E-state index is 12.3.